The zero-order valence-electron chi connectivity index (χ0n) is 13.7. The average molecular weight is 403 g/mol. The summed E-state index contributed by atoms with van der Waals surface area (Å²) in [6, 6.07) is 5.24. The Morgan fingerprint density at radius 2 is 1.88 bits per heavy atom. The minimum atomic E-state index is -2.88. The van der Waals surface area contributed by atoms with Crippen molar-refractivity contribution in [3.63, 3.8) is 0 Å². The van der Waals surface area contributed by atoms with Crippen molar-refractivity contribution in [2.75, 3.05) is 37.7 Å². The minimum Gasteiger partial charge on any atom is -0.337 e. The van der Waals surface area contributed by atoms with Crippen molar-refractivity contribution in [2.24, 2.45) is 0 Å². The Morgan fingerprint density at radius 1 is 1.16 bits per heavy atom. The van der Waals surface area contributed by atoms with Gasteiger partial charge in [0.15, 0.2) is 9.84 Å². The highest BCUT2D eigenvalue weighted by Gasteiger charge is 2.34. The number of amides is 1. The van der Waals surface area contributed by atoms with Gasteiger partial charge in [-0.1, -0.05) is 29.3 Å². The van der Waals surface area contributed by atoms with Crippen molar-refractivity contribution in [1.82, 2.24) is 9.80 Å². The predicted octanol–water partition coefficient (Wildman–Crippen LogP) is 2.34. The Labute approximate surface area is 158 Å². The molecule has 0 radical (unpaired) electrons. The van der Waals surface area contributed by atoms with Crippen LogP contribution in [0, 0.1) is 0 Å². The number of nitrogens with zero attached hydrogens (tertiary/aromatic N) is 2. The highest BCUT2D eigenvalue weighted by Crippen LogP contribution is 2.22. The van der Waals surface area contributed by atoms with E-state index < -0.39 is 9.84 Å². The summed E-state index contributed by atoms with van der Waals surface area (Å²) in [7, 11) is -2.88. The third kappa shape index (κ3) is 4.76. The van der Waals surface area contributed by atoms with E-state index in [1.54, 1.807) is 29.2 Å². The molecular weight excluding hydrogens is 383 g/mol. The maximum Gasteiger partial charge on any atom is 0.246 e. The molecule has 0 aliphatic carbocycles. The fourth-order valence-electron chi connectivity index (χ4n) is 3.27. The largest absolute Gasteiger partial charge is 0.337 e. The fraction of sp³-hybridized carbons (Fsp3) is 0.471. The molecule has 25 heavy (non-hydrogen) atoms. The van der Waals surface area contributed by atoms with Gasteiger partial charge in [-0.25, -0.2) is 8.42 Å². The number of hydrogen-bond donors (Lipinski definition) is 0. The zero-order chi connectivity index (χ0) is 18.0. The second kappa shape index (κ2) is 7.66. The van der Waals surface area contributed by atoms with Crippen LogP contribution in [0.3, 0.4) is 0 Å². The van der Waals surface area contributed by atoms with Gasteiger partial charge in [-0.05, 0) is 30.2 Å². The van der Waals surface area contributed by atoms with Gasteiger partial charge in [0.2, 0.25) is 5.91 Å². The Bertz CT molecular complexity index is 787. The third-order valence-electron chi connectivity index (χ3n) is 4.72. The SMILES string of the molecule is O=C(/C=C/c1ccc(Cl)cc1Cl)N1CCN([C@@H]2CCS(=O)(=O)C2)CC1. The van der Waals surface area contributed by atoms with Crippen LogP contribution in [0.4, 0.5) is 0 Å². The molecule has 3 rings (SSSR count). The van der Waals surface area contributed by atoms with Gasteiger partial charge in [-0.3, -0.25) is 9.69 Å². The van der Waals surface area contributed by atoms with Gasteiger partial charge in [-0.15, -0.1) is 0 Å². The molecule has 1 amide bonds. The van der Waals surface area contributed by atoms with Crippen LogP contribution in [0.25, 0.3) is 6.08 Å². The molecule has 2 fully saturated rings. The molecule has 0 N–H and O–H groups in total. The zero-order valence-corrected chi connectivity index (χ0v) is 16.0. The molecule has 0 aromatic heterocycles. The van der Waals surface area contributed by atoms with Gasteiger partial charge in [0.25, 0.3) is 0 Å². The lowest BCUT2D eigenvalue weighted by molar-refractivity contribution is -0.127. The summed E-state index contributed by atoms with van der Waals surface area (Å²) in [6.07, 6.45) is 3.91. The molecule has 2 saturated heterocycles. The standard InChI is InChI=1S/C17H20Cl2N2O3S/c18-14-3-1-13(16(19)11-14)2-4-17(22)21-8-6-20(7-9-21)15-5-10-25(23,24)12-15/h1-4,11,15H,5-10,12H2/b4-2+/t15-/m1/s1. The van der Waals surface area contributed by atoms with E-state index in [1.807, 2.05) is 0 Å². The topological polar surface area (TPSA) is 57.7 Å². The smallest absolute Gasteiger partial charge is 0.246 e. The normalized spacial score (nSPS) is 24.1. The number of hydrogen-bond acceptors (Lipinski definition) is 4. The van der Waals surface area contributed by atoms with Crippen LogP contribution in [0.5, 0.6) is 0 Å². The Morgan fingerprint density at radius 3 is 2.48 bits per heavy atom. The van der Waals surface area contributed by atoms with Crippen molar-refractivity contribution in [3.05, 3.63) is 39.9 Å². The van der Waals surface area contributed by atoms with Crippen LogP contribution in [0.15, 0.2) is 24.3 Å². The number of benzene rings is 1. The quantitative estimate of drug-likeness (QED) is 0.727. The highest BCUT2D eigenvalue weighted by atomic mass is 35.5. The number of sulfone groups is 1. The Hall–Kier alpha value is -1.08. The molecule has 5 nitrogen and oxygen atoms in total. The Balaban J connectivity index is 1.54. The van der Waals surface area contributed by atoms with Crippen molar-refractivity contribution in [3.8, 4) is 0 Å². The molecule has 136 valence electrons. The molecule has 1 aromatic carbocycles. The molecule has 0 spiro atoms. The van der Waals surface area contributed by atoms with Crippen molar-refractivity contribution in [1.29, 1.82) is 0 Å². The van der Waals surface area contributed by atoms with Crippen LogP contribution >= 0.6 is 23.2 Å². The lowest BCUT2D eigenvalue weighted by Crippen LogP contribution is -2.52. The van der Waals surface area contributed by atoms with Gasteiger partial charge in [0.1, 0.15) is 0 Å². The summed E-state index contributed by atoms with van der Waals surface area (Å²) in [5.74, 6) is 0.460. The third-order valence-corrected chi connectivity index (χ3v) is 7.03. The van der Waals surface area contributed by atoms with Crippen molar-refractivity contribution < 1.29 is 13.2 Å². The summed E-state index contributed by atoms with van der Waals surface area (Å²) in [4.78, 5) is 16.3. The van der Waals surface area contributed by atoms with Crippen LogP contribution in [0.2, 0.25) is 10.0 Å². The van der Waals surface area contributed by atoms with Gasteiger partial charge in [0.05, 0.1) is 11.5 Å². The summed E-state index contributed by atoms with van der Waals surface area (Å²) in [5, 5.41) is 1.06. The number of carbonyl (C=O) groups excluding carboxylic acids is 1. The highest BCUT2D eigenvalue weighted by molar-refractivity contribution is 7.91. The van der Waals surface area contributed by atoms with Crippen molar-refractivity contribution in [2.45, 2.75) is 12.5 Å². The first-order valence-electron chi connectivity index (χ1n) is 8.20. The van der Waals surface area contributed by atoms with Crippen molar-refractivity contribution >= 4 is 45.0 Å². The fourth-order valence-corrected chi connectivity index (χ4v) is 5.51. The monoisotopic (exact) mass is 402 g/mol. The number of carbonyl (C=O) groups is 1. The van der Waals surface area contributed by atoms with Gasteiger partial charge < -0.3 is 4.90 Å². The van der Waals surface area contributed by atoms with E-state index in [-0.39, 0.29) is 23.5 Å². The molecule has 2 aliphatic heterocycles. The second-order valence-electron chi connectivity index (χ2n) is 6.42. The molecule has 1 atom stereocenters. The van der Waals surface area contributed by atoms with Crippen LogP contribution in [-0.4, -0.2) is 67.9 Å². The second-order valence-corrected chi connectivity index (χ2v) is 9.49. The molecule has 0 bridgehead atoms. The minimum absolute atomic E-state index is 0.0651. The van der Waals surface area contributed by atoms with E-state index in [1.165, 1.54) is 6.08 Å². The van der Waals surface area contributed by atoms with Gasteiger partial charge >= 0.3 is 0 Å². The summed E-state index contributed by atoms with van der Waals surface area (Å²) in [5.41, 5.74) is 0.745. The molecule has 1 aromatic rings. The molecule has 0 saturated carbocycles. The first-order chi connectivity index (χ1) is 11.8. The predicted molar refractivity (Wildman–Crippen MR) is 101 cm³/mol. The van der Waals surface area contributed by atoms with Gasteiger partial charge in [0, 0.05) is 48.3 Å². The van der Waals surface area contributed by atoms with E-state index in [0.29, 0.717) is 42.6 Å². The van der Waals surface area contributed by atoms with Crippen LogP contribution in [0.1, 0.15) is 12.0 Å². The van der Waals surface area contributed by atoms with E-state index >= 15 is 0 Å². The number of halogens is 2. The lowest BCUT2D eigenvalue weighted by Gasteiger charge is -2.37. The summed E-state index contributed by atoms with van der Waals surface area (Å²) in [6.45, 7) is 2.63. The van der Waals surface area contributed by atoms with E-state index in [4.69, 9.17) is 23.2 Å². The maximum atomic E-state index is 12.3. The first kappa shape index (κ1) is 18.7. The van der Waals surface area contributed by atoms with E-state index in [2.05, 4.69) is 4.90 Å². The van der Waals surface area contributed by atoms with E-state index in [0.717, 1.165) is 5.56 Å². The van der Waals surface area contributed by atoms with Crippen LogP contribution in [-0.2, 0) is 14.6 Å². The van der Waals surface area contributed by atoms with Crippen LogP contribution < -0.4 is 0 Å². The molecule has 2 heterocycles. The molecule has 0 unspecified atom stereocenters. The first-order valence-corrected chi connectivity index (χ1v) is 10.8. The summed E-state index contributed by atoms with van der Waals surface area (Å²) < 4.78 is 23.2. The van der Waals surface area contributed by atoms with Gasteiger partial charge in [-0.2, -0.15) is 0 Å². The average Bonchev–Trinajstić information content (AvgIpc) is 2.94. The molecular formula is C17H20Cl2N2O3S. The Kier molecular flexibility index (Phi) is 5.73. The molecule has 8 heteroatoms. The number of rotatable bonds is 3. The lowest BCUT2D eigenvalue weighted by atomic mass is 10.2. The number of piperazine rings is 1. The maximum absolute atomic E-state index is 12.3. The van der Waals surface area contributed by atoms with E-state index in [9.17, 15) is 13.2 Å². The summed E-state index contributed by atoms with van der Waals surface area (Å²) >= 11 is 12.0. The molecule has 2 aliphatic rings.